The minimum atomic E-state index is -0.288. The fourth-order valence-corrected chi connectivity index (χ4v) is 3.19. The molecule has 0 radical (unpaired) electrons. The molecule has 1 atom stereocenters. The van der Waals surface area contributed by atoms with Crippen LogP contribution in [-0.4, -0.2) is 29.3 Å². The van der Waals surface area contributed by atoms with Crippen molar-refractivity contribution in [2.75, 3.05) is 13.1 Å². The Morgan fingerprint density at radius 2 is 1.50 bits per heavy atom. The van der Waals surface area contributed by atoms with Crippen molar-refractivity contribution < 1.29 is 4.79 Å². The molecule has 0 N–H and O–H groups in total. The number of hydrogen-bond acceptors (Lipinski definition) is 1. The molecule has 0 aliphatic carbocycles. The van der Waals surface area contributed by atoms with Crippen molar-refractivity contribution in [1.29, 1.82) is 0 Å². The molecule has 0 bridgehead atoms. The summed E-state index contributed by atoms with van der Waals surface area (Å²) in [6.45, 7) is 4.07. The van der Waals surface area contributed by atoms with Gasteiger partial charge in [0.05, 0.1) is 0 Å². The molecule has 118 valence electrons. The lowest BCUT2D eigenvalue weighted by molar-refractivity contribution is -0.130. The van der Waals surface area contributed by atoms with Crippen LogP contribution >= 0.6 is 11.6 Å². The predicted molar refractivity (Wildman–Crippen MR) is 87.3 cm³/mol. The van der Waals surface area contributed by atoms with Gasteiger partial charge in [-0.05, 0) is 19.3 Å². The van der Waals surface area contributed by atoms with Crippen molar-refractivity contribution in [1.82, 2.24) is 4.90 Å². The Morgan fingerprint density at radius 1 is 0.950 bits per heavy atom. The second kappa shape index (κ2) is 11.4. The number of rotatable bonds is 9. The topological polar surface area (TPSA) is 20.3 Å². The van der Waals surface area contributed by atoms with Crippen LogP contribution in [0.1, 0.15) is 84.0 Å². The van der Waals surface area contributed by atoms with Crippen molar-refractivity contribution in [3.05, 3.63) is 0 Å². The van der Waals surface area contributed by atoms with Gasteiger partial charge in [-0.2, -0.15) is 0 Å². The van der Waals surface area contributed by atoms with Gasteiger partial charge >= 0.3 is 0 Å². The van der Waals surface area contributed by atoms with E-state index in [-0.39, 0.29) is 11.3 Å². The van der Waals surface area contributed by atoms with E-state index in [4.69, 9.17) is 11.6 Å². The van der Waals surface area contributed by atoms with Gasteiger partial charge in [0.1, 0.15) is 5.38 Å². The Labute approximate surface area is 130 Å². The fraction of sp³-hybridized carbons (Fsp3) is 0.941. The number of halogens is 1. The second-order valence-corrected chi connectivity index (χ2v) is 6.64. The number of hydrogen-bond donors (Lipinski definition) is 0. The van der Waals surface area contributed by atoms with Crippen molar-refractivity contribution >= 4 is 17.5 Å². The first-order valence-corrected chi connectivity index (χ1v) is 9.12. The maximum absolute atomic E-state index is 12.2. The summed E-state index contributed by atoms with van der Waals surface area (Å²) >= 11 is 6.29. The van der Waals surface area contributed by atoms with Gasteiger partial charge in [0.25, 0.3) is 0 Å². The molecule has 1 heterocycles. The van der Waals surface area contributed by atoms with Crippen LogP contribution in [0.4, 0.5) is 0 Å². The highest BCUT2D eigenvalue weighted by Gasteiger charge is 2.22. The molecule has 1 unspecified atom stereocenters. The lowest BCUT2D eigenvalue weighted by atomic mass is 10.1. The molecule has 0 aromatic rings. The van der Waals surface area contributed by atoms with E-state index >= 15 is 0 Å². The molecule has 3 heteroatoms. The number of alkyl halides is 1. The molecule has 0 saturated carbocycles. The molecule has 1 aliphatic rings. The van der Waals surface area contributed by atoms with E-state index in [2.05, 4.69) is 6.92 Å². The van der Waals surface area contributed by atoms with E-state index in [1.165, 1.54) is 51.4 Å². The van der Waals surface area contributed by atoms with Crippen molar-refractivity contribution in [3.63, 3.8) is 0 Å². The molecule has 1 saturated heterocycles. The summed E-state index contributed by atoms with van der Waals surface area (Å²) in [7, 11) is 0. The maximum atomic E-state index is 12.2. The smallest absolute Gasteiger partial charge is 0.240 e. The van der Waals surface area contributed by atoms with E-state index in [9.17, 15) is 4.79 Å². The molecular weight excluding hydrogens is 270 g/mol. The van der Waals surface area contributed by atoms with Crippen molar-refractivity contribution in [3.8, 4) is 0 Å². The molecular formula is C17H32ClNO. The largest absolute Gasteiger partial charge is 0.341 e. The molecule has 0 aromatic heterocycles. The highest BCUT2D eigenvalue weighted by atomic mass is 35.5. The number of unbranched alkanes of at least 4 members (excludes halogenated alkanes) is 6. The first-order valence-electron chi connectivity index (χ1n) is 8.68. The third-order valence-corrected chi connectivity index (χ3v) is 4.65. The highest BCUT2D eigenvalue weighted by Crippen LogP contribution is 2.17. The summed E-state index contributed by atoms with van der Waals surface area (Å²) in [5.74, 6) is 0.180. The van der Waals surface area contributed by atoms with Gasteiger partial charge in [-0.15, -0.1) is 11.6 Å². The summed E-state index contributed by atoms with van der Waals surface area (Å²) in [6, 6.07) is 0. The number of likely N-dealkylation sites (tertiary alicyclic amines) is 1. The standard InChI is InChI=1S/C17H32ClNO/c1-2-3-4-5-6-7-10-13-16(18)17(20)19-14-11-8-9-12-15-19/h16H,2-15H2,1H3. The number of nitrogens with zero attached hydrogens (tertiary/aromatic N) is 1. The third kappa shape index (κ3) is 7.52. The van der Waals surface area contributed by atoms with Crippen LogP contribution < -0.4 is 0 Å². The summed E-state index contributed by atoms with van der Waals surface area (Å²) in [5.41, 5.74) is 0. The van der Waals surface area contributed by atoms with Gasteiger partial charge in [-0.1, -0.05) is 64.7 Å². The van der Waals surface area contributed by atoms with Gasteiger partial charge in [0.2, 0.25) is 5.91 Å². The third-order valence-electron chi connectivity index (χ3n) is 4.25. The summed E-state index contributed by atoms with van der Waals surface area (Å²) < 4.78 is 0. The van der Waals surface area contributed by atoms with Gasteiger partial charge in [-0.3, -0.25) is 4.79 Å². The van der Waals surface area contributed by atoms with Crippen LogP contribution in [0, 0.1) is 0 Å². The average molecular weight is 302 g/mol. The van der Waals surface area contributed by atoms with Crippen molar-refractivity contribution in [2.24, 2.45) is 0 Å². The zero-order chi connectivity index (χ0) is 14.6. The molecule has 20 heavy (non-hydrogen) atoms. The molecule has 1 aliphatic heterocycles. The van der Waals surface area contributed by atoms with Gasteiger partial charge in [-0.25, -0.2) is 0 Å². The van der Waals surface area contributed by atoms with Crippen LogP contribution in [0.15, 0.2) is 0 Å². The van der Waals surface area contributed by atoms with E-state index in [0.717, 1.165) is 38.8 Å². The Hall–Kier alpha value is -0.240. The van der Waals surface area contributed by atoms with Gasteiger partial charge < -0.3 is 4.90 Å². The normalized spacial score (nSPS) is 17.8. The van der Waals surface area contributed by atoms with E-state index in [0.29, 0.717) is 0 Å². The first-order chi connectivity index (χ1) is 9.75. The van der Waals surface area contributed by atoms with Crippen LogP contribution in [0.5, 0.6) is 0 Å². The van der Waals surface area contributed by atoms with Crippen LogP contribution in [0.3, 0.4) is 0 Å². The number of amides is 1. The first kappa shape index (κ1) is 17.8. The fourth-order valence-electron chi connectivity index (χ4n) is 2.89. The minimum Gasteiger partial charge on any atom is -0.341 e. The van der Waals surface area contributed by atoms with Crippen LogP contribution in [0.25, 0.3) is 0 Å². The highest BCUT2D eigenvalue weighted by molar-refractivity contribution is 6.30. The van der Waals surface area contributed by atoms with Crippen molar-refractivity contribution in [2.45, 2.75) is 89.4 Å². The maximum Gasteiger partial charge on any atom is 0.240 e. The SMILES string of the molecule is CCCCCCCCCC(Cl)C(=O)N1CCCCCC1. The van der Waals surface area contributed by atoms with Gasteiger partial charge in [0, 0.05) is 13.1 Å². The van der Waals surface area contributed by atoms with Crippen LogP contribution in [0.2, 0.25) is 0 Å². The second-order valence-electron chi connectivity index (χ2n) is 6.12. The summed E-state index contributed by atoms with van der Waals surface area (Å²) in [5, 5.41) is -0.288. The number of carbonyl (C=O) groups is 1. The molecule has 0 spiro atoms. The molecule has 1 amide bonds. The monoisotopic (exact) mass is 301 g/mol. The Morgan fingerprint density at radius 3 is 2.10 bits per heavy atom. The molecule has 1 fully saturated rings. The average Bonchev–Trinajstić information content (AvgIpc) is 2.74. The number of carbonyl (C=O) groups excluding carboxylic acids is 1. The summed E-state index contributed by atoms with van der Waals surface area (Å²) in [4.78, 5) is 14.2. The Kier molecular flexibility index (Phi) is 10.2. The Balaban J connectivity index is 2.08. The van der Waals surface area contributed by atoms with E-state index in [1.807, 2.05) is 4.90 Å². The molecule has 2 nitrogen and oxygen atoms in total. The molecule has 0 aromatic carbocycles. The minimum absolute atomic E-state index is 0.180. The van der Waals surface area contributed by atoms with E-state index in [1.54, 1.807) is 0 Å². The Bertz CT molecular complexity index is 249. The molecule has 1 rings (SSSR count). The van der Waals surface area contributed by atoms with Gasteiger partial charge in [0.15, 0.2) is 0 Å². The van der Waals surface area contributed by atoms with Crippen LogP contribution in [-0.2, 0) is 4.79 Å². The lowest BCUT2D eigenvalue weighted by Gasteiger charge is -2.23. The zero-order valence-corrected chi connectivity index (χ0v) is 14.0. The van der Waals surface area contributed by atoms with E-state index < -0.39 is 0 Å². The lowest BCUT2D eigenvalue weighted by Crippen LogP contribution is -2.37. The summed E-state index contributed by atoms with van der Waals surface area (Å²) in [6.07, 6.45) is 14.6. The quantitative estimate of drug-likeness (QED) is 0.427. The predicted octanol–water partition coefficient (Wildman–Crippen LogP) is 5.14. The zero-order valence-electron chi connectivity index (χ0n) is 13.2.